The number of imidazole rings is 1. The highest BCUT2D eigenvalue weighted by atomic mass is 16.2. The molecule has 5 heteroatoms. The zero-order valence-electron chi connectivity index (χ0n) is 12.8. The third-order valence-corrected chi connectivity index (χ3v) is 4.17. The number of carbonyl (C=O) groups is 1. The number of fused-ring (bicyclic) bond motifs is 1. The summed E-state index contributed by atoms with van der Waals surface area (Å²) in [4.78, 5) is 20.8. The number of rotatable bonds is 5. The van der Waals surface area contributed by atoms with Gasteiger partial charge in [-0.05, 0) is 18.6 Å². The van der Waals surface area contributed by atoms with Crippen LogP contribution in [-0.2, 0) is 11.3 Å². The first-order chi connectivity index (χ1) is 10.8. The van der Waals surface area contributed by atoms with Crippen molar-refractivity contribution in [3.63, 3.8) is 0 Å². The number of nitrogens with zero attached hydrogens (tertiary/aromatic N) is 4. The Kier molecular flexibility index (Phi) is 4.53. The van der Waals surface area contributed by atoms with E-state index in [1.54, 1.807) is 6.08 Å². The van der Waals surface area contributed by atoms with E-state index in [9.17, 15) is 4.79 Å². The van der Waals surface area contributed by atoms with Crippen LogP contribution in [-0.4, -0.2) is 51.3 Å². The molecule has 3 heterocycles. The standard InChI is InChI=1S/C17H22N4O/c1-2-3-7-17(22)20-11-9-19(10-12-20)14-15-13-18-16-6-4-5-8-21(15)16/h2,4-6,8,13H,1,3,7,9-12,14H2. The van der Waals surface area contributed by atoms with Crippen LogP contribution in [0.1, 0.15) is 18.5 Å². The molecular formula is C17H22N4O. The molecule has 1 aliphatic rings. The first-order valence-electron chi connectivity index (χ1n) is 7.80. The van der Waals surface area contributed by atoms with E-state index in [0.717, 1.165) is 44.8 Å². The molecule has 0 saturated carbocycles. The monoisotopic (exact) mass is 298 g/mol. The average molecular weight is 298 g/mol. The normalized spacial score (nSPS) is 16.1. The second kappa shape index (κ2) is 6.75. The van der Waals surface area contributed by atoms with E-state index in [2.05, 4.69) is 20.9 Å². The fraction of sp³-hybridized carbons (Fsp3) is 0.412. The van der Waals surface area contributed by atoms with Gasteiger partial charge in [-0.15, -0.1) is 6.58 Å². The zero-order valence-corrected chi connectivity index (χ0v) is 12.8. The molecule has 0 spiro atoms. The summed E-state index contributed by atoms with van der Waals surface area (Å²) in [6.45, 7) is 8.00. The molecule has 2 aromatic rings. The van der Waals surface area contributed by atoms with Gasteiger partial charge in [0.1, 0.15) is 5.65 Å². The SMILES string of the molecule is C=CCCC(=O)N1CCN(Cc2cnc3ccccn23)CC1. The Morgan fingerprint density at radius 3 is 2.86 bits per heavy atom. The molecule has 1 amide bonds. The van der Waals surface area contributed by atoms with Crippen LogP contribution in [0.3, 0.4) is 0 Å². The number of amides is 1. The second-order valence-electron chi connectivity index (χ2n) is 5.66. The smallest absolute Gasteiger partial charge is 0.222 e. The van der Waals surface area contributed by atoms with E-state index in [1.807, 2.05) is 35.5 Å². The first-order valence-corrected chi connectivity index (χ1v) is 7.80. The minimum atomic E-state index is 0.245. The highest BCUT2D eigenvalue weighted by molar-refractivity contribution is 5.76. The maximum Gasteiger partial charge on any atom is 0.222 e. The van der Waals surface area contributed by atoms with Crippen molar-refractivity contribution in [1.29, 1.82) is 0 Å². The van der Waals surface area contributed by atoms with Gasteiger partial charge in [0.2, 0.25) is 5.91 Å². The summed E-state index contributed by atoms with van der Waals surface area (Å²) in [6.07, 6.45) is 7.14. The molecule has 0 N–H and O–H groups in total. The van der Waals surface area contributed by atoms with Gasteiger partial charge in [-0.3, -0.25) is 9.69 Å². The number of hydrogen-bond acceptors (Lipinski definition) is 3. The molecule has 5 nitrogen and oxygen atoms in total. The highest BCUT2D eigenvalue weighted by Gasteiger charge is 2.21. The molecule has 1 saturated heterocycles. The number of pyridine rings is 1. The molecule has 1 fully saturated rings. The summed E-state index contributed by atoms with van der Waals surface area (Å²) in [7, 11) is 0. The Morgan fingerprint density at radius 1 is 1.27 bits per heavy atom. The number of piperazine rings is 1. The quantitative estimate of drug-likeness (QED) is 0.792. The van der Waals surface area contributed by atoms with Gasteiger partial charge in [0.05, 0.1) is 11.9 Å². The van der Waals surface area contributed by atoms with Crippen molar-refractivity contribution in [1.82, 2.24) is 19.2 Å². The largest absolute Gasteiger partial charge is 0.340 e. The van der Waals surface area contributed by atoms with Crippen LogP contribution < -0.4 is 0 Å². The van der Waals surface area contributed by atoms with Crippen molar-refractivity contribution >= 4 is 11.6 Å². The lowest BCUT2D eigenvalue weighted by Crippen LogP contribution is -2.48. The first kappa shape index (κ1) is 14.8. The number of carbonyl (C=O) groups excluding carboxylic acids is 1. The molecule has 0 bridgehead atoms. The van der Waals surface area contributed by atoms with Crippen LogP contribution in [0.5, 0.6) is 0 Å². The molecule has 0 radical (unpaired) electrons. The number of hydrogen-bond donors (Lipinski definition) is 0. The summed E-state index contributed by atoms with van der Waals surface area (Å²) in [6, 6.07) is 6.04. The predicted molar refractivity (Wildman–Crippen MR) is 86.5 cm³/mol. The van der Waals surface area contributed by atoms with Crippen LogP contribution in [0.2, 0.25) is 0 Å². The van der Waals surface area contributed by atoms with Gasteiger partial charge < -0.3 is 9.30 Å². The lowest BCUT2D eigenvalue weighted by Gasteiger charge is -2.34. The summed E-state index contributed by atoms with van der Waals surface area (Å²) in [5, 5.41) is 0. The molecule has 0 atom stereocenters. The van der Waals surface area contributed by atoms with E-state index >= 15 is 0 Å². The Balaban J connectivity index is 1.56. The molecule has 0 aliphatic carbocycles. The maximum absolute atomic E-state index is 12.0. The average Bonchev–Trinajstić information content (AvgIpc) is 2.96. The highest BCUT2D eigenvalue weighted by Crippen LogP contribution is 2.12. The van der Waals surface area contributed by atoms with Gasteiger partial charge >= 0.3 is 0 Å². The van der Waals surface area contributed by atoms with E-state index in [0.29, 0.717) is 6.42 Å². The van der Waals surface area contributed by atoms with E-state index in [1.165, 1.54) is 5.69 Å². The second-order valence-corrected chi connectivity index (χ2v) is 5.66. The Morgan fingerprint density at radius 2 is 2.09 bits per heavy atom. The number of allylic oxidation sites excluding steroid dienone is 1. The lowest BCUT2D eigenvalue weighted by molar-refractivity contribution is -0.132. The summed E-state index contributed by atoms with van der Waals surface area (Å²) >= 11 is 0. The van der Waals surface area contributed by atoms with Crippen molar-refractivity contribution in [3.8, 4) is 0 Å². The molecule has 3 rings (SSSR count). The minimum absolute atomic E-state index is 0.245. The van der Waals surface area contributed by atoms with Crippen LogP contribution in [0.4, 0.5) is 0 Å². The third kappa shape index (κ3) is 3.20. The van der Waals surface area contributed by atoms with Crippen molar-refractivity contribution in [2.24, 2.45) is 0 Å². The molecule has 22 heavy (non-hydrogen) atoms. The molecule has 116 valence electrons. The fourth-order valence-corrected chi connectivity index (χ4v) is 2.87. The molecule has 0 aromatic carbocycles. The molecule has 1 aliphatic heterocycles. The van der Waals surface area contributed by atoms with Gasteiger partial charge in [0.25, 0.3) is 0 Å². The van der Waals surface area contributed by atoms with Gasteiger partial charge in [-0.2, -0.15) is 0 Å². The maximum atomic E-state index is 12.0. The lowest BCUT2D eigenvalue weighted by atomic mass is 10.2. The molecule has 2 aromatic heterocycles. The van der Waals surface area contributed by atoms with E-state index in [4.69, 9.17) is 0 Å². The van der Waals surface area contributed by atoms with Crippen LogP contribution >= 0.6 is 0 Å². The van der Waals surface area contributed by atoms with Crippen LogP contribution in [0.25, 0.3) is 5.65 Å². The minimum Gasteiger partial charge on any atom is -0.340 e. The Labute approximate surface area is 130 Å². The number of aromatic nitrogens is 2. The van der Waals surface area contributed by atoms with Crippen molar-refractivity contribution < 1.29 is 4.79 Å². The van der Waals surface area contributed by atoms with Crippen LogP contribution in [0.15, 0.2) is 43.2 Å². The zero-order chi connectivity index (χ0) is 15.4. The topological polar surface area (TPSA) is 40.9 Å². The van der Waals surface area contributed by atoms with Gasteiger partial charge in [0, 0.05) is 45.3 Å². The molecular weight excluding hydrogens is 276 g/mol. The molecule has 0 unspecified atom stereocenters. The third-order valence-electron chi connectivity index (χ3n) is 4.17. The Hall–Kier alpha value is -2.14. The van der Waals surface area contributed by atoms with Crippen molar-refractivity contribution in [2.75, 3.05) is 26.2 Å². The van der Waals surface area contributed by atoms with E-state index < -0.39 is 0 Å². The van der Waals surface area contributed by atoms with E-state index in [-0.39, 0.29) is 5.91 Å². The Bertz CT molecular complexity index is 655. The predicted octanol–water partition coefficient (Wildman–Crippen LogP) is 1.94. The fourth-order valence-electron chi connectivity index (χ4n) is 2.87. The van der Waals surface area contributed by atoms with Crippen LogP contribution in [0, 0.1) is 0 Å². The summed E-state index contributed by atoms with van der Waals surface area (Å²) in [5.41, 5.74) is 2.18. The van der Waals surface area contributed by atoms with Gasteiger partial charge in [-0.1, -0.05) is 12.1 Å². The summed E-state index contributed by atoms with van der Waals surface area (Å²) < 4.78 is 2.13. The van der Waals surface area contributed by atoms with Gasteiger partial charge in [0.15, 0.2) is 0 Å². The summed E-state index contributed by atoms with van der Waals surface area (Å²) in [5.74, 6) is 0.245. The van der Waals surface area contributed by atoms with Gasteiger partial charge in [-0.25, -0.2) is 4.98 Å². The van der Waals surface area contributed by atoms with Crippen molar-refractivity contribution in [3.05, 3.63) is 48.9 Å². The van der Waals surface area contributed by atoms with Crippen molar-refractivity contribution in [2.45, 2.75) is 19.4 Å².